The van der Waals surface area contributed by atoms with Crippen LogP contribution >= 0.6 is 0 Å². The predicted octanol–water partition coefficient (Wildman–Crippen LogP) is 4.99. The highest BCUT2D eigenvalue weighted by molar-refractivity contribution is 5.91. The number of benzene rings is 3. The zero-order chi connectivity index (χ0) is 22.3. The smallest absolute Gasteiger partial charge is 0.262 e. The number of methoxy groups -OCH3 is 1. The van der Waals surface area contributed by atoms with E-state index in [2.05, 4.69) is 22.4 Å². The molecular weight excluding hydrogens is 406 g/mol. The summed E-state index contributed by atoms with van der Waals surface area (Å²) in [5, 5.41) is 6.87. The zero-order valence-electron chi connectivity index (χ0n) is 17.9. The van der Waals surface area contributed by atoms with Crippen LogP contribution in [0.15, 0.2) is 77.3 Å². The lowest BCUT2D eigenvalue weighted by atomic mass is 10.1. The fourth-order valence-electron chi connectivity index (χ4n) is 3.13. The van der Waals surface area contributed by atoms with Gasteiger partial charge in [0.1, 0.15) is 0 Å². The van der Waals surface area contributed by atoms with Crippen LogP contribution in [0.3, 0.4) is 0 Å². The molecule has 0 fully saturated rings. The third-order valence-corrected chi connectivity index (χ3v) is 4.87. The molecule has 1 N–H and O–H groups in total. The molecule has 162 valence electrons. The van der Waals surface area contributed by atoms with Gasteiger partial charge in [0.25, 0.3) is 11.8 Å². The molecule has 0 saturated heterocycles. The monoisotopic (exact) mass is 429 g/mol. The Kier molecular flexibility index (Phi) is 6.46. The molecule has 0 aliphatic rings. The van der Waals surface area contributed by atoms with Crippen molar-refractivity contribution in [2.45, 2.75) is 13.3 Å². The molecule has 0 bridgehead atoms. The molecule has 0 radical (unpaired) electrons. The Labute approximate surface area is 186 Å². The largest absolute Gasteiger partial charge is 0.493 e. The Morgan fingerprint density at radius 1 is 0.969 bits per heavy atom. The van der Waals surface area contributed by atoms with E-state index >= 15 is 0 Å². The Morgan fingerprint density at radius 3 is 2.47 bits per heavy atom. The van der Waals surface area contributed by atoms with E-state index in [1.807, 2.05) is 54.6 Å². The molecule has 0 aliphatic heterocycles. The van der Waals surface area contributed by atoms with E-state index < -0.39 is 0 Å². The van der Waals surface area contributed by atoms with Crippen LogP contribution in [0.5, 0.6) is 11.5 Å². The van der Waals surface area contributed by atoms with Gasteiger partial charge in [0.2, 0.25) is 5.82 Å². The number of nitrogens with one attached hydrogen (secondary N) is 1. The van der Waals surface area contributed by atoms with Crippen LogP contribution in [0.1, 0.15) is 12.5 Å². The molecule has 4 rings (SSSR count). The van der Waals surface area contributed by atoms with Gasteiger partial charge in [-0.05, 0) is 54.4 Å². The highest BCUT2D eigenvalue weighted by Crippen LogP contribution is 2.32. The molecule has 0 spiro atoms. The van der Waals surface area contributed by atoms with Gasteiger partial charge >= 0.3 is 0 Å². The van der Waals surface area contributed by atoms with E-state index in [0.29, 0.717) is 28.8 Å². The maximum Gasteiger partial charge on any atom is 0.262 e. The molecule has 0 atom stereocenters. The molecule has 3 aromatic carbocycles. The molecule has 1 aromatic heterocycles. The second kappa shape index (κ2) is 9.78. The van der Waals surface area contributed by atoms with E-state index in [-0.39, 0.29) is 12.5 Å². The van der Waals surface area contributed by atoms with Crippen LogP contribution in [0, 0.1) is 0 Å². The Hall–Kier alpha value is -4.13. The molecule has 0 aliphatic carbocycles. The molecule has 0 saturated carbocycles. The summed E-state index contributed by atoms with van der Waals surface area (Å²) < 4.78 is 16.5. The summed E-state index contributed by atoms with van der Waals surface area (Å²) in [5.74, 6) is 1.52. The number of rotatable bonds is 8. The average Bonchev–Trinajstić information content (AvgIpc) is 3.34. The summed E-state index contributed by atoms with van der Waals surface area (Å²) in [4.78, 5) is 16.7. The first-order chi connectivity index (χ1) is 15.7. The van der Waals surface area contributed by atoms with E-state index in [4.69, 9.17) is 14.0 Å². The molecule has 1 amide bonds. The molecule has 7 heteroatoms. The summed E-state index contributed by atoms with van der Waals surface area (Å²) in [6.07, 6.45) is 0.949. The lowest BCUT2D eigenvalue weighted by Crippen LogP contribution is -2.20. The number of carbonyl (C=O) groups excluding carboxylic acids is 1. The number of aryl methyl sites for hydroxylation is 1. The van der Waals surface area contributed by atoms with E-state index in [1.54, 1.807) is 18.2 Å². The first-order valence-electron chi connectivity index (χ1n) is 10.3. The Morgan fingerprint density at radius 2 is 1.75 bits per heavy atom. The molecule has 0 unspecified atom stereocenters. The van der Waals surface area contributed by atoms with Crippen molar-refractivity contribution >= 4 is 11.6 Å². The van der Waals surface area contributed by atoms with Crippen LogP contribution in [0.4, 0.5) is 5.69 Å². The number of nitrogens with zero attached hydrogens (tertiary/aromatic N) is 2. The van der Waals surface area contributed by atoms with E-state index in [9.17, 15) is 4.79 Å². The minimum atomic E-state index is -0.258. The number of carbonyl (C=O) groups is 1. The van der Waals surface area contributed by atoms with Crippen LogP contribution in [0.2, 0.25) is 0 Å². The molecule has 1 heterocycles. The van der Waals surface area contributed by atoms with Gasteiger partial charge in [-0.1, -0.05) is 42.4 Å². The maximum atomic E-state index is 12.3. The number of ether oxygens (including phenoxy) is 2. The molecule has 7 nitrogen and oxygen atoms in total. The second-order valence-electron chi connectivity index (χ2n) is 7.04. The van der Waals surface area contributed by atoms with Gasteiger partial charge in [0, 0.05) is 16.8 Å². The lowest BCUT2D eigenvalue weighted by Gasteiger charge is -2.12. The quantitative estimate of drug-likeness (QED) is 0.425. The SMILES string of the molecule is CCc1ccc(NC(=O)COc2ccc(-c3noc(-c4ccccc4)n3)cc2OC)cc1. The van der Waals surface area contributed by atoms with Crippen molar-refractivity contribution in [3.63, 3.8) is 0 Å². The first kappa shape index (κ1) is 21.1. The summed E-state index contributed by atoms with van der Waals surface area (Å²) >= 11 is 0. The number of hydrogen-bond donors (Lipinski definition) is 1. The minimum absolute atomic E-state index is 0.147. The molecular formula is C25H23N3O4. The number of amides is 1. The van der Waals surface area contributed by atoms with Gasteiger partial charge < -0.3 is 19.3 Å². The fourth-order valence-corrected chi connectivity index (χ4v) is 3.13. The third kappa shape index (κ3) is 4.95. The molecule has 32 heavy (non-hydrogen) atoms. The normalized spacial score (nSPS) is 10.6. The van der Waals surface area contributed by atoms with Crippen molar-refractivity contribution < 1.29 is 18.8 Å². The first-order valence-corrected chi connectivity index (χ1v) is 10.3. The van der Waals surface area contributed by atoms with Crippen molar-refractivity contribution in [3.8, 4) is 34.3 Å². The molecule has 4 aromatic rings. The van der Waals surface area contributed by atoms with E-state index in [1.165, 1.54) is 12.7 Å². The number of anilines is 1. The van der Waals surface area contributed by atoms with E-state index in [0.717, 1.165) is 17.7 Å². The van der Waals surface area contributed by atoms with Gasteiger partial charge in [0.05, 0.1) is 7.11 Å². The number of hydrogen-bond acceptors (Lipinski definition) is 6. The number of aromatic nitrogens is 2. The van der Waals surface area contributed by atoms with Crippen molar-refractivity contribution in [2.75, 3.05) is 19.0 Å². The van der Waals surface area contributed by atoms with Gasteiger partial charge in [0.15, 0.2) is 18.1 Å². The van der Waals surface area contributed by atoms with Gasteiger partial charge in [-0.25, -0.2) is 0 Å². The van der Waals surface area contributed by atoms with Gasteiger partial charge in [-0.3, -0.25) is 4.79 Å². The predicted molar refractivity (Wildman–Crippen MR) is 122 cm³/mol. The van der Waals surface area contributed by atoms with Crippen molar-refractivity contribution in [3.05, 3.63) is 78.4 Å². The summed E-state index contributed by atoms with van der Waals surface area (Å²) in [5.41, 5.74) is 3.49. The standard InChI is InChI=1S/C25H23N3O4/c1-3-17-9-12-20(13-10-17)26-23(29)16-31-21-14-11-19(15-22(21)30-2)24-27-25(32-28-24)18-7-5-4-6-8-18/h4-15H,3,16H2,1-2H3,(H,26,29). The van der Waals surface area contributed by atoms with Crippen LogP contribution in [0.25, 0.3) is 22.8 Å². The van der Waals surface area contributed by atoms with Gasteiger partial charge in [-0.15, -0.1) is 0 Å². The fraction of sp³-hybridized carbons (Fsp3) is 0.160. The Balaban J connectivity index is 1.42. The Bertz CT molecular complexity index is 1190. The van der Waals surface area contributed by atoms with Crippen molar-refractivity contribution in [1.82, 2.24) is 10.1 Å². The highest BCUT2D eigenvalue weighted by Gasteiger charge is 2.14. The summed E-state index contributed by atoms with van der Waals surface area (Å²) in [7, 11) is 1.53. The summed E-state index contributed by atoms with van der Waals surface area (Å²) in [6, 6.07) is 22.5. The van der Waals surface area contributed by atoms with Crippen molar-refractivity contribution in [2.24, 2.45) is 0 Å². The highest BCUT2D eigenvalue weighted by atomic mass is 16.5. The second-order valence-corrected chi connectivity index (χ2v) is 7.04. The summed E-state index contributed by atoms with van der Waals surface area (Å²) in [6.45, 7) is 1.94. The lowest BCUT2D eigenvalue weighted by molar-refractivity contribution is -0.118. The van der Waals surface area contributed by atoms with Crippen LogP contribution < -0.4 is 14.8 Å². The van der Waals surface area contributed by atoms with Crippen molar-refractivity contribution in [1.29, 1.82) is 0 Å². The minimum Gasteiger partial charge on any atom is -0.493 e. The average molecular weight is 429 g/mol. The van der Waals surface area contributed by atoms with Crippen LogP contribution in [-0.2, 0) is 11.2 Å². The third-order valence-electron chi connectivity index (χ3n) is 4.87. The van der Waals surface area contributed by atoms with Crippen LogP contribution in [-0.4, -0.2) is 29.8 Å². The zero-order valence-corrected chi connectivity index (χ0v) is 17.9. The van der Waals surface area contributed by atoms with Gasteiger partial charge in [-0.2, -0.15) is 4.98 Å². The maximum absolute atomic E-state index is 12.3. The topological polar surface area (TPSA) is 86.5 Å².